The number of benzene rings is 4. The third kappa shape index (κ3) is 7.49. The summed E-state index contributed by atoms with van der Waals surface area (Å²) in [5.74, 6) is 0.665. The summed E-state index contributed by atoms with van der Waals surface area (Å²) in [6.45, 7) is 2.82. The summed E-state index contributed by atoms with van der Waals surface area (Å²) in [7, 11) is -2.42. The van der Waals surface area contributed by atoms with Gasteiger partial charge < -0.3 is 14.4 Å². The van der Waals surface area contributed by atoms with Crippen molar-refractivity contribution < 1.29 is 39.6 Å². The normalized spacial score (nSPS) is 17.5. The molecule has 0 N–H and O–H groups in total. The Morgan fingerprint density at radius 1 is 0.830 bits per heavy atom. The first kappa shape index (κ1) is 22.6. The number of hydrogen-bond acceptors (Lipinski definition) is 3. The Morgan fingerprint density at radius 3 is 2.32 bits per heavy atom. The molecule has 4 aromatic carbocycles. The maximum absolute atomic E-state index is 8.88. The Kier molecular flexibility index (Phi) is 6.59. The second kappa shape index (κ2) is 13.7. The molecule has 6 aromatic rings. The first-order valence-electron chi connectivity index (χ1n) is 20.6. The molecule has 1 radical (unpaired) electrons. The maximum Gasteiger partial charge on any atom is 0.265 e. The van der Waals surface area contributed by atoms with Crippen LogP contribution in [0, 0.1) is 38.1 Å². The minimum absolute atomic E-state index is 0. The molecule has 47 heavy (non-hydrogen) atoms. The molecule has 0 fully saturated rings. The number of pyridine rings is 2. The molecule has 3 nitrogen and oxygen atoms in total. The van der Waals surface area contributed by atoms with Crippen molar-refractivity contribution in [3.63, 3.8) is 0 Å². The van der Waals surface area contributed by atoms with Gasteiger partial charge in [0.1, 0.15) is 0 Å². The van der Waals surface area contributed by atoms with Crippen LogP contribution in [0.15, 0.2) is 97.3 Å². The quantitative estimate of drug-likeness (QED) is 0.132. The van der Waals surface area contributed by atoms with Crippen LogP contribution in [-0.4, -0.2) is 18.3 Å². The molecule has 0 unspecified atom stereocenters. The summed E-state index contributed by atoms with van der Waals surface area (Å²) in [4.78, 5) is 8.59. The van der Waals surface area contributed by atoms with Gasteiger partial charge in [-0.2, -0.15) is 0 Å². The van der Waals surface area contributed by atoms with Gasteiger partial charge in [0, 0.05) is 53.3 Å². The molecular weight excluding hydrogens is 769 g/mol. The minimum Gasteiger partial charge on any atom is -0.583 e. The Labute approximate surface area is 310 Å². The third-order valence-electron chi connectivity index (χ3n) is 7.65. The fourth-order valence-corrected chi connectivity index (χ4v) is 8.25. The van der Waals surface area contributed by atoms with E-state index in [9.17, 15) is 0 Å². The number of nitrogens with zero attached hydrogens (tertiary/aromatic N) is 2. The van der Waals surface area contributed by atoms with E-state index in [-0.39, 0.29) is 42.4 Å². The number of hydrogen-bond donors (Lipinski definition) is 0. The standard InChI is InChI=1S/C29H30NOSi.C13H12N.Ir/c1-19-18-30-26(16-21(19)17-29(2,3)4)25-13-9-12-23-24-15-14-20-10-7-8-11-22(20)28(24)32(5,6)31-27(23)25;1-10-3-6-12(7-4-10)13-8-5-11(2)9-14-13;/h7-12,14-16,18H,17H2,1-6H3;3-6,8-9H,1-2H3;/q2*-1;/i1D3,17D2;1D3,2D3;. The van der Waals surface area contributed by atoms with Crippen LogP contribution in [0.25, 0.3) is 44.4 Å². The van der Waals surface area contributed by atoms with Crippen LogP contribution in [0.2, 0.25) is 13.1 Å². The molecule has 2 aromatic heterocycles. The van der Waals surface area contributed by atoms with Gasteiger partial charge in [-0.15, -0.1) is 53.6 Å². The van der Waals surface area contributed by atoms with Crippen molar-refractivity contribution in [3.05, 3.63) is 132 Å². The number of aromatic nitrogens is 2. The molecule has 0 saturated carbocycles. The van der Waals surface area contributed by atoms with Gasteiger partial charge in [-0.1, -0.05) is 98.9 Å². The zero-order valence-electron chi connectivity index (χ0n) is 37.9. The molecule has 3 heterocycles. The Hall–Kier alpha value is -3.89. The van der Waals surface area contributed by atoms with E-state index >= 15 is 0 Å². The van der Waals surface area contributed by atoms with Crippen LogP contribution in [0.5, 0.6) is 5.75 Å². The van der Waals surface area contributed by atoms with E-state index < -0.39 is 40.7 Å². The fourth-order valence-electron chi connectivity index (χ4n) is 5.68. The van der Waals surface area contributed by atoms with E-state index in [4.69, 9.17) is 19.5 Å². The van der Waals surface area contributed by atoms with Gasteiger partial charge >= 0.3 is 0 Å². The summed E-state index contributed by atoms with van der Waals surface area (Å²) in [5, 5.41) is 3.61. The van der Waals surface area contributed by atoms with Gasteiger partial charge in [-0.05, 0) is 82.6 Å². The van der Waals surface area contributed by atoms with Crippen molar-refractivity contribution >= 4 is 24.3 Å². The average molecular weight is 822 g/mol. The molecule has 0 spiro atoms. The van der Waals surface area contributed by atoms with Crippen molar-refractivity contribution in [2.45, 2.75) is 60.8 Å². The molecular formula is C42H42IrN2OSi-2. The van der Waals surface area contributed by atoms with E-state index in [1.165, 1.54) is 46.6 Å². The first-order valence-corrected chi connectivity index (χ1v) is 18.0. The summed E-state index contributed by atoms with van der Waals surface area (Å²) in [6, 6.07) is 31.7. The predicted molar refractivity (Wildman–Crippen MR) is 195 cm³/mol. The van der Waals surface area contributed by atoms with Gasteiger partial charge in [-0.3, -0.25) is 0 Å². The van der Waals surface area contributed by atoms with Crippen LogP contribution in [0.4, 0.5) is 0 Å². The summed E-state index contributed by atoms with van der Waals surface area (Å²) < 4.78 is 92.3. The topological polar surface area (TPSA) is 35.0 Å². The number of aryl methyl sites for hydroxylation is 3. The van der Waals surface area contributed by atoms with E-state index in [1.807, 2.05) is 24.3 Å². The van der Waals surface area contributed by atoms with Crippen molar-refractivity contribution in [1.82, 2.24) is 9.97 Å². The molecule has 5 heteroatoms. The van der Waals surface area contributed by atoms with Crippen molar-refractivity contribution in [1.29, 1.82) is 0 Å². The smallest absolute Gasteiger partial charge is 0.265 e. The molecule has 0 saturated heterocycles. The minimum atomic E-state index is -2.50. The van der Waals surface area contributed by atoms with E-state index in [0.717, 1.165) is 11.1 Å². The molecule has 0 atom stereocenters. The Bertz CT molecular complexity index is 2380. The zero-order valence-corrected chi connectivity index (χ0v) is 30.3. The zero-order chi connectivity index (χ0) is 41.9. The first-order chi connectivity index (χ1) is 26.3. The number of rotatable bonds is 3. The van der Waals surface area contributed by atoms with Gasteiger partial charge in [0.25, 0.3) is 8.32 Å². The van der Waals surface area contributed by atoms with Crippen LogP contribution in [0.3, 0.4) is 0 Å². The molecule has 7 rings (SSSR count). The van der Waals surface area contributed by atoms with Crippen LogP contribution >= 0.6 is 0 Å². The number of fused-ring (bicyclic) bond motifs is 5. The van der Waals surface area contributed by atoms with Crippen LogP contribution < -0.4 is 9.61 Å². The predicted octanol–water partition coefficient (Wildman–Crippen LogP) is 10.2. The monoisotopic (exact) mass is 822 g/mol. The van der Waals surface area contributed by atoms with E-state index in [1.54, 1.807) is 39.0 Å². The van der Waals surface area contributed by atoms with Crippen molar-refractivity contribution in [3.8, 4) is 39.4 Å². The molecule has 1 aliphatic rings. The van der Waals surface area contributed by atoms with Crippen LogP contribution in [0.1, 0.15) is 58.1 Å². The fraction of sp³-hybridized carbons (Fsp3) is 0.238. The molecule has 0 bridgehead atoms. The van der Waals surface area contributed by atoms with E-state index in [0.29, 0.717) is 28.3 Å². The maximum atomic E-state index is 8.88. The average Bonchev–Trinajstić information content (AvgIpc) is 3.13. The molecule has 0 amide bonds. The summed E-state index contributed by atoms with van der Waals surface area (Å²) in [5.41, 5.74) is 3.87. The molecule has 0 aliphatic carbocycles. The van der Waals surface area contributed by atoms with Crippen molar-refractivity contribution in [2.24, 2.45) is 5.41 Å². The second-order valence-corrected chi connectivity index (χ2v) is 16.6. The second-order valence-electron chi connectivity index (χ2n) is 12.8. The van der Waals surface area contributed by atoms with Crippen LogP contribution in [-0.2, 0) is 26.5 Å². The SMILES string of the molecule is [2H]C([2H])([2H])c1c[c-]c(-c2ccc(C([2H])([2H])[2H])cn2)cc1.[2H]C([2H])([2H])c1cnc(-c2[c-]ccc3c2O[Si](C)(C)c2c-3ccc3ccccc23)cc1C([2H])([2H])C(C)(C)C.[Ir]. The van der Waals surface area contributed by atoms with Gasteiger partial charge in [0.2, 0.25) is 0 Å². The molecule has 241 valence electrons. The molecule has 1 aliphatic heterocycles. The summed E-state index contributed by atoms with van der Waals surface area (Å²) >= 11 is 0. The van der Waals surface area contributed by atoms with Crippen molar-refractivity contribution in [2.75, 3.05) is 0 Å². The summed E-state index contributed by atoms with van der Waals surface area (Å²) in [6.07, 6.45) is 0.679. The van der Waals surface area contributed by atoms with Gasteiger partial charge in [-0.25, -0.2) is 0 Å². The Morgan fingerprint density at radius 2 is 1.62 bits per heavy atom. The van der Waals surface area contributed by atoms with Gasteiger partial charge in [0.15, 0.2) is 0 Å². The van der Waals surface area contributed by atoms with Gasteiger partial charge in [0.05, 0.1) is 0 Å². The Balaban J connectivity index is 0.000000259. The largest absolute Gasteiger partial charge is 0.583 e. The van der Waals surface area contributed by atoms with E-state index in [2.05, 4.69) is 59.5 Å². The third-order valence-corrected chi connectivity index (χ3v) is 10.1.